The van der Waals surface area contributed by atoms with E-state index in [0.29, 0.717) is 10.6 Å². The van der Waals surface area contributed by atoms with Gasteiger partial charge in [0, 0.05) is 10.6 Å². The van der Waals surface area contributed by atoms with E-state index in [1.807, 2.05) is 50.2 Å². The van der Waals surface area contributed by atoms with Gasteiger partial charge in [0.2, 0.25) is 6.10 Å². The summed E-state index contributed by atoms with van der Waals surface area (Å²) >= 11 is 5.90. The molecular formula is C19H18ClNO2. The van der Waals surface area contributed by atoms with Crippen LogP contribution in [0, 0.1) is 17.2 Å². The highest BCUT2D eigenvalue weighted by molar-refractivity contribution is 6.30. The molecule has 0 amide bonds. The fourth-order valence-electron chi connectivity index (χ4n) is 2.45. The molecular weight excluding hydrogens is 310 g/mol. The Morgan fingerprint density at radius 2 is 1.65 bits per heavy atom. The average molecular weight is 328 g/mol. The van der Waals surface area contributed by atoms with E-state index >= 15 is 0 Å². The molecule has 0 N–H and O–H groups in total. The minimum absolute atomic E-state index is 0.0405. The van der Waals surface area contributed by atoms with E-state index in [-0.39, 0.29) is 5.92 Å². The molecule has 118 valence electrons. The van der Waals surface area contributed by atoms with Gasteiger partial charge in [0.25, 0.3) is 0 Å². The number of carbonyl (C=O) groups is 1. The number of benzene rings is 2. The van der Waals surface area contributed by atoms with E-state index in [1.54, 1.807) is 24.3 Å². The molecule has 0 saturated carbocycles. The molecule has 0 aliphatic heterocycles. The van der Waals surface area contributed by atoms with Crippen molar-refractivity contribution in [3.63, 3.8) is 0 Å². The SMILES string of the molecule is CC(C)C(C(=O)OC(C#N)c1ccccc1)c1ccc(Cl)cc1. The molecule has 3 nitrogen and oxygen atoms in total. The zero-order valence-electron chi connectivity index (χ0n) is 13.1. The van der Waals surface area contributed by atoms with Crippen LogP contribution in [0.2, 0.25) is 5.02 Å². The first kappa shape index (κ1) is 17.1. The van der Waals surface area contributed by atoms with Gasteiger partial charge < -0.3 is 4.74 Å². The average Bonchev–Trinajstić information content (AvgIpc) is 2.55. The first-order valence-electron chi connectivity index (χ1n) is 7.43. The summed E-state index contributed by atoms with van der Waals surface area (Å²) in [5, 5.41) is 9.93. The number of halogens is 1. The van der Waals surface area contributed by atoms with Crippen LogP contribution in [0.25, 0.3) is 0 Å². The van der Waals surface area contributed by atoms with Gasteiger partial charge in [0.05, 0.1) is 5.92 Å². The third kappa shape index (κ3) is 4.34. The molecule has 0 aliphatic rings. The second-order valence-electron chi connectivity index (χ2n) is 5.63. The van der Waals surface area contributed by atoms with E-state index in [4.69, 9.17) is 16.3 Å². The van der Waals surface area contributed by atoms with E-state index in [0.717, 1.165) is 5.56 Å². The summed E-state index contributed by atoms with van der Waals surface area (Å²) in [6.45, 7) is 3.90. The van der Waals surface area contributed by atoms with E-state index in [1.165, 1.54) is 0 Å². The van der Waals surface area contributed by atoms with Gasteiger partial charge in [-0.3, -0.25) is 4.79 Å². The molecule has 0 aliphatic carbocycles. The van der Waals surface area contributed by atoms with Crippen LogP contribution >= 0.6 is 11.6 Å². The summed E-state index contributed by atoms with van der Waals surface area (Å²) < 4.78 is 5.46. The van der Waals surface area contributed by atoms with Gasteiger partial charge in [-0.25, -0.2) is 0 Å². The molecule has 0 saturated heterocycles. The van der Waals surface area contributed by atoms with Gasteiger partial charge in [-0.15, -0.1) is 0 Å². The van der Waals surface area contributed by atoms with Crippen LogP contribution in [-0.4, -0.2) is 5.97 Å². The summed E-state index contributed by atoms with van der Waals surface area (Å²) in [6.07, 6.45) is -0.905. The van der Waals surface area contributed by atoms with Crippen molar-refractivity contribution >= 4 is 17.6 Å². The molecule has 0 aromatic heterocycles. The lowest BCUT2D eigenvalue weighted by Crippen LogP contribution is -2.22. The van der Waals surface area contributed by atoms with Crippen LogP contribution in [0.1, 0.15) is 37.0 Å². The molecule has 0 spiro atoms. The summed E-state index contributed by atoms with van der Waals surface area (Å²) in [5.41, 5.74) is 1.50. The Morgan fingerprint density at radius 1 is 1.04 bits per heavy atom. The van der Waals surface area contributed by atoms with Crippen LogP contribution < -0.4 is 0 Å². The van der Waals surface area contributed by atoms with Crippen molar-refractivity contribution in [1.29, 1.82) is 5.26 Å². The standard InChI is InChI=1S/C19H18ClNO2/c1-13(2)18(15-8-10-16(20)11-9-15)19(22)23-17(12-21)14-6-4-3-5-7-14/h3-11,13,17-18H,1-2H3. The number of nitrogens with zero attached hydrogens (tertiary/aromatic N) is 1. The van der Waals surface area contributed by atoms with Crippen LogP contribution in [-0.2, 0) is 9.53 Å². The lowest BCUT2D eigenvalue weighted by molar-refractivity contribution is -0.150. The molecule has 0 radical (unpaired) electrons. The van der Waals surface area contributed by atoms with Gasteiger partial charge in [-0.2, -0.15) is 5.26 Å². The Bertz CT molecular complexity index is 690. The molecule has 2 unspecified atom stereocenters. The maximum Gasteiger partial charge on any atom is 0.315 e. The molecule has 2 aromatic carbocycles. The molecule has 23 heavy (non-hydrogen) atoms. The lowest BCUT2D eigenvalue weighted by Gasteiger charge is -2.21. The van der Waals surface area contributed by atoms with Gasteiger partial charge in [-0.1, -0.05) is 67.9 Å². The van der Waals surface area contributed by atoms with E-state index < -0.39 is 18.0 Å². The highest BCUT2D eigenvalue weighted by Gasteiger charge is 2.28. The maximum absolute atomic E-state index is 12.6. The van der Waals surface area contributed by atoms with Crippen molar-refractivity contribution in [1.82, 2.24) is 0 Å². The number of rotatable bonds is 5. The maximum atomic E-state index is 12.6. The van der Waals surface area contributed by atoms with Crippen LogP contribution in [0.5, 0.6) is 0 Å². The normalized spacial score (nSPS) is 13.2. The Labute approximate surface area is 141 Å². The van der Waals surface area contributed by atoms with Crippen molar-refractivity contribution in [2.45, 2.75) is 25.9 Å². The summed E-state index contributed by atoms with van der Waals surface area (Å²) in [4.78, 5) is 12.6. The number of esters is 1. The van der Waals surface area contributed by atoms with Crippen LogP contribution in [0.15, 0.2) is 54.6 Å². The third-order valence-corrected chi connectivity index (χ3v) is 3.86. The van der Waals surface area contributed by atoms with Gasteiger partial charge in [0.15, 0.2) is 0 Å². The quantitative estimate of drug-likeness (QED) is 0.735. The highest BCUT2D eigenvalue weighted by atomic mass is 35.5. The predicted molar refractivity (Wildman–Crippen MR) is 89.9 cm³/mol. The van der Waals surface area contributed by atoms with Crippen molar-refractivity contribution in [2.75, 3.05) is 0 Å². The molecule has 2 aromatic rings. The zero-order chi connectivity index (χ0) is 16.8. The highest BCUT2D eigenvalue weighted by Crippen LogP contribution is 2.29. The minimum atomic E-state index is -0.905. The fourth-order valence-corrected chi connectivity index (χ4v) is 2.58. The smallest absolute Gasteiger partial charge is 0.315 e. The number of hydrogen-bond donors (Lipinski definition) is 0. The topological polar surface area (TPSA) is 50.1 Å². The lowest BCUT2D eigenvalue weighted by atomic mass is 9.88. The zero-order valence-corrected chi connectivity index (χ0v) is 13.8. The number of hydrogen-bond acceptors (Lipinski definition) is 3. The Morgan fingerprint density at radius 3 is 2.17 bits per heavy atom. The second-order valence-corrected chi connectivity index (χ2v) is 6.07. The number of nitriles is 1. The van der Waals surface area contributed by atoms with Gasteiger partial charge >= 0.3 is 5.97 Å². The molecule has 0 bridgehead atoms. The first-order valence-corrected chi connectivity index (χ1v) is 7.81. The molecule has 0 heterocycles. The van der Waals surface area contributed by atoms with Crippen LogP contribution in [0.3, 0.4) is 0 Å². The van der Waals surface area contributed by atoms with Gasteiger partial charge in [0.1, 0.15) is 6.07 Å². The first-order chi connectivity index (χ1) is 11.0. The Hall–Kier alpha value is -2.31. The summed E-state index contributed by atoms with van der Waals surface area (Å²) in [5.74, 6) is -0.802. The second kappa shape index (κ2) is 7.80. The summed E-state index contributed by atoms with van der Waals surface area (Å²) in [7, 11) is 0. The third-order valence-electron chi connectivity index (χ3n) is 3.60. The van der Waals surface area contributed by atoms with Crippen molar-refractivity contribution < 1.29 is 9.53 Å². The van der Waals surface area contributed by atoms with Crippen molar-refractivity contribution in [3.8, 4) is 6.07 Å². The van der Waals surface area contributed by atoms with E-state index in [2.05, 4.69) is 0 Å². The Kier molecular flexibility index (Phi) is 5.78. The number of ether oxygens (including phenoxy) is 1. The monoisotopic (exact) mass is 327 g/mol. The largest absolute Gasteiger partial charge is 0.441 e. The van der Waals surface area contributed by atoms with Crippen molar-refractivity contribution in [2.24, 2.45) is 5.92 Å². The molecule has 2 rings (SSSR count). The minimum Gasteiger partial charge on any atom is -0.441 e. The Balaban J connectivity index is 2.21. The predicted octanol–water partition coefficient (Wildman–Crippen LogP) is 4.89. The van der Waals surface area contributed by atoms with E-state index in [9.17, 15) is 10.1 Å². The molecule has 2 atom stereocenters. The van der Waals surface area contributed by atoms with Gasteiger partial charge in [-0.05, 0) is 23.6 Å². The van der Waals surface area contributed by atoms with Crippen molar-refractivity contribution in [3.05, 3.63) is 70.7 Å². The van der Waals surface area contributed by atoms with Crippen LogP contribution in [0.4, 0.5) is 0 Å². The number of carbonyl (C=O) groups excluding carboxylic acids is 1. The fraction of sp³-hybridized carbons (Fsp3) is 0.263. The molecule has 4 heteroatoms. The molecule has 0 fully saturated rings. The summed E-state index contributed by atoms with van der Waals surface area (Å²) in [6, 6.07) is 18.2.